The van der Waals surface area contributed by atoms with Gasteiger partial charge in [0.25, 0.3) is 0 Å². The molecular weight excluding hydrogens is 226 g/mol. The molecule has 1 saturated heterocycles. The first-order chi connectivity index (χ1) is 8.00. The Kier molecular flexibility index (Phi) is 4.70. The van der Waals surface area contributed by atoms with Crippen LogP contribution in [0.2, 0.25) is 0 Å². The van der Waals surface area contributed by atoms with E-state index in [4.69, 9.17) is 16.2 Å². The van der Waals surface area contributed by atoms with Gasteiger partial charge >= 0.3 is 5.97 Å². The lowest BCUT2D eigenvalue weighted by atomic mass is 10.1. The summed E-state index contributed by atoms with van der Waals surface area (Å²) in [6.07, 6.45) is 1.24. The first-order valence-electron chi connectivity index (χ1n) is 5.35. The van der Waals surface area contributed by atoms with Crippen LogP contribution in [0.3, 0.4) is 0 Å². The van der Waals surface area contributed by atoms with E-state index in [1.807, 2.05) is 0 Å². The van der Waals surface area contributed by atoms with Gasteiger partial charge in [0.05, 0.1) is 6.04 Å². The molecule has 2 atom stereocenters. The molecule has 1 aliphatic heterocycles. The number of nitrogens with one attached hydrogen (secondary N) is 4. The molecule has 96 valence electrons. The predicted molar refractivity (Wildman–Crippen MR) is 60.5 cm³/mol. The number of nitrogens with two attached hydrogens (primary N) is 1. The van der Waals surface area contributed by atoms with Gasteiger partial charge in [-0.2, -0.15) is 0 Å². The van der Waals surface area contributed by atoms with Gasteiger partial charge in [0.15, 0.2) is 5.96 Å². The summed E-state index contributed by atoms with van der Waals surface area (Å²) in [6, 6.07) is -1.23. The third-order valence-electron chi connectivity index (χ3n) is 2.48. The van der Waals surface area contributed by atoms with Crippen molar-refractivity contribution >= 4 is 17.8 Å². The van der Waals surface area contributed by atoms with Crippen LogP contribution in [-0.4, -0.2) is 48.1 Å². The maximum absolute atomic E-state index is 11.5. The normalized spacial score (nSPS) is 23.9. The van der Waals surface area contributed by atoms with Crippen LogP contribution in [-0.2, 0) is 9.59 Å². The van der Waals surface area contributed by atoms with Gasteiger partial charge in [0.2, 0.25) is 5.91 Å². The minimum absolute atomic E-state index is 0.100. The van der Waals surface area contributed by atoms with Crippen molar-refractivity contribution in [2.24, 2.45) is 5.73 Å². The summed E-state index contributed by atoms with van der Waals surface area (Å²) in [5.41, 5.74) is 5.10. The Hall–Kier alpha value is -1.83. The van der Waals surface area contributed by atoms with Gasteiger partial charge in [0.1, 0.15) is 6.04 Å². The molecule has 17 heavy (non-hydrogen) atoms. The van der Waals surface area contributed by atoms with Gasteiger partial charge in [-0.1, -0.05) is 0 Å². The zero-order valence-electron chi connectivity index (χ0n) is 9.32. The lowest BCUT2D eigenvalue weighted by Gasteiger charge is -2.28. The molecular formula is C9H17N5O3. The summed E-state index contributed by atoms with van der Waals surface area (Å²) in [5.74, 6) is -1.44. The van der Waals surface area contributed by atoms with Crippen molar-refractivity contribution in [3.05, 3.63) is 0 Å². The lowest BCUT2D eigenvalue weighted by molar-refractivity contribution is -0.143. The van der Waals surface area contributed by atoms with E-state index in [0.717, 1.165) is 0 Å². The molecule has 0 saturated carbocycles. The molecule has 7 N–H and O–H groups in total. The molecule has 1 fully saturated rings. The van der Waals surface area contributed by atoms with E-state index < -0.39 is 12.0 Å². The number of amides is 1. The van der Waals surface area contributed by atoms with Crippen molar-refractivity contribution < 1.29 is 14.7 Å². The van der Waals surface area contributed by atoms with Crippen molar-refractivity contribution in [1.82, 2.24) is 16.0 Å². The number of hydrogen-bond acceptors (Lipinski definition) is 4. The van der Waals surface area contributed by atoms with E-state index >= 15 is 0 Å². The Morgan fingerprint density at radius 2 is 2.35 bits per heavy atom. The molecule has 0 unspecified atom stereocenters. The summed E-state index contributed by atoms with van der Waals surface area (Å²) >= 11 is 0. The summed E-state index contributed by atoms with van der Waals surface area (Å²) in [4.78, 5) is 22.2. The summed E-state index contributed by atoms with van der Waals surface area (Å²) in [5, 5.41) is 23.6. The molecule has 0 aromatic rings. The average molecular weight is 243 g/mol. The van der Waals surface area contributed by atoms with Gasteiger partial charge < -0.3 is 26.8 Å². The highest BCUT2D eigenvalue weighted by molar-refractivity contribution is 5.88. The van der Waals surface area contributed by atoms with Crippen LogP contribution in [0.1, 0.15) is 12.8 Å². The fourth-order valence-electron chi connectivity index (χ4n) is 1.59. The van der Waals surface area contributed by atoms with Gasteiger partial charge in [0, 0.05) is 13.1 Å². The number of rotatable bonds is 5. The minimum Gasteiger partial charge on any atom is -0.480 e. The van der Waals surface area contributed by atoms with E-state index in [9.17, 15) is 9.59 Å². The number of carbonyl (C=O) groups excluding carboxylic acids is 1. The number of carbonyl (C=O) groups is 2. The van der Waals surface area contributed by atoms with Crippen molar-refractivity contribution in [2.75, 3.05) is 13.1 Å². The van der Waals surface area contributed by atoms with Gasteiger partial charge in [-0.25, -0.2) is 4.79 Å². The monoisotopic (exact) mass is 243 g/mol. The van der Waals surface area contributed by atoms with Crippen molar-refractivity contribution in [2.45, 2.75) is 24.9 Å². The van der Waals surface area contributed by atoms with Gasteiger partial charge in [-0.3, -0.25) is 10.2 Å². The molecule has 1 rings (SSSR count). The highest BCUT2D eigenvalue weighted by atomic mass is 16.4. The van der Waals surface area contributed by atoms with Gasteiger partial charge in [-0.15, -0.1) is 0 Å². The first-order valence-corrected chi connectivity index (χ1v) is 5.35. The molecule has 0 aromatic heterocycles. The molecule has 0 aliphatic carbocycles. The van der Waals surface area contributed by atoms with Crippen LogP contribution < -0.4 is 21.7 Å². The van der Waals surface area contributed by atoms with Crippen LogP contribution >= 0.6 is 0 Å². The second-order valence-corrected chi connectivity index (χ2v) is 3.84. The topological polar surface area (TPSA) is 140 Å². The largest absolute Gasteiger partial charge is 0.480 e. The van der Waals surface area contributed by atoms with Crippen LogP contribution in [0.5, 0.6) is 0 Å². The van der Waals surface area contributed by atoms with Crippen LogP contribution in [0.4, 0.5) is 0 Å². The molecule has 0 spiro atoms. The maximum Gasteiger partial charge on any atom is 0.327 e. The van der Waals surface area contributed by atoms with E-state index in [2.05, 4.69) is 16.0 Å². The summed E-state index contributed by atoms with van der Waals surface area (Å²) < 4.78 is 0. The summed E-state index contributed by atoms with van der Waals surface area (Å²) in [7, 11) is 0. The Balaban J connectivity index is 2.25. The number of piperazine rings is 1. The number of hydrogen-bond donors (Lipinski definition) is 6. The van der Waals surface area contributed by atoms with Gasteiger partial charge in [-0.05, 0) is 12.8 Å². The Labute approximate surface area is 98.4 Å². The third-order valence-corrected chi connectivity index (χ3v) is 2.48. The van der Waals surface area contributed by atoms with E-state index in [-0.39, 0.29) is 24.5 Å². The van der Waals surface area contributed by atoms with Crippen molar-refractivity contribution in [3.8, 4) is 0 Å². The molecule has 1 amide bonds. The average Bonchev–Trinajstić information content (AvgIpc) is 2.25. The molecule has 0 aromatic carbocycles. The quantitative estimate of drug-likeness (QED) is 0.184. The number of carboxylic acids is 1. The molecule has 0 radical (unpaired) electrons. The van der Waals surface area contributed by atoms with E-state index in [1.165, 1.54) is 0 Å². The Bertz CT molecular complexity index is 320. The molecule has 8 nitrogen and oxygen atoms in total. The van der Waals surface area contributed by atoms with E-state index in [1.54, 1.807) is 0 Å². The number of guanidine groups is 1. The highest BCUT2D eigenvalue weighted by Crippen LogP contribution is 2.02. The van der Waals surface area contributed by atoms with Crippen LogP contribution in [0, 0.1) is 5.41 Å². The minimum atomic E-state index is -1.04. The number of carboxylic acid groups (broad SMARTS) is 1. The zero-order valence-corrected chi connectivity index (χ0v) is 9.32. The Morgan fingerprint density at radius 1 is 1.65 bits per heavy atom. The van der Waals surface area contributed by atoms with Crippen molar-refractivity contribution in [1.29, 1.82) is 5.41 Å². The van der Waals surface area contributed by atoms with Crippen LogP contribution in [0.15, 0.2) is 0 Å². The fraction of sp³-hybridized carbons (Fsp3) is 0.667. The third kappa shape index (κ3) is 4.27. The zero-order chi connectivity index (χ0) is 12.8. The summed E-state index contributed by atoms with van der Waals surface area (Å²) in [6.45, 7) is 0.745. The van der Waals surface area contributed by atoms with E-state index in [0.29, 0.717) is 19.4 Å². The molecule has 8 heteroatoms. The predicted octanol–water partition coefficient (Wildman–Crippen LogP) is -2.21. The fourth-order valence-corrected chi connectivity index (χ4v) is 1.59. The van der Waals surface area contributed by atoms with Crippen LogP contribution in [0.25, 0.3) is 0 Å². The second kappa shape index (κ2) is 6.04. The molecule has 1 aliphatic rings. The smallest absolute Gasteiger partial charge is 0.327 e. The Morgan fingerprint density at radius 3 is 2.88 bits per heavy atom. The SMILES string of the molecule is N=C(N)NCCC[C@@H]1NC[C@@H](C(=O)O)NC1=O. The number of aliphatic carboxylic acids is 1. The molecule has 0 bridgehead atoms. The standard InChI is InChI=1S/C9H17N5O3/c10-9(11)12-3-1-2-5-7(15)14-6(4-13-5)8(16)17/h5-6,13H,1-4H2,(H,14,15)(H,16,17)(H4,10,11,12)/t5-,6-/m0/s1. The second-order valence-electron chi connectivity index (χ2n) is 3.84. The van der Waals surface area contributed by atoms with Crippen molar-refractivity contribution in [3.63, 3.8) is 0 Å². The molecule has 1 heterocycles. The maximum atomic E-state index is 11.5. The lowest BCUT2D eigenvalue weighted by Crippen LogP contribution is -2.60. The first kappa shape index (κ1) is 13.2. The highest BCUT2D eigenvalue weighted by Gasteiger charge is 2.30.